The van der Waals surface area contributed by atoms with Gasteiger partial charge >= 0.3 is 11.9 Å². The first-order valence-electron chi connectivity index (χ1n) is 4.76. The van der Waals surface area contributed by atoms with E-state index in [4.69, 9.17) is 10.2 Å². The minimum absolute atomic E-state index is 0.392. The third-order valence-electron chi connectivity index (χ3n) is 1.85. The van der Waals surface area contributed by atoms with E-state index in [0.717, 1.165) is 13.0 Å². The van der Waals surface area contributed by atoms with Crippen LogP contribution < -0.4 is 5.32 Å². The van der Waals surface area contributed by atoms with E-state index < -0.39 is 24.4 Å². The molecule has 0 saturated carbocycles. The van der Waals surface area contributed by atoms with Crippen molar-refractivity contribution in [2.75, 3.05) is 27.2 Å². The molecule has 15 heavy (non-hydrogen) atoms. The average Bonchev–Trinajstić information content (AvgIpc) is 2.08. The molecule has 0 fully saturated rings. The first-order valence-corrected chi connectivity index (χ1v) is 4.76. The van der Waals surface area contributed by atoms with Crippen molar-refractivity contribution in [1.29, 1.82) is 0 Å². The van der Waals surface area contributed by atoms with Gasteiger partial charge in [0.15, 0.2) is 0 Å². The van der Waals surface area contributed by atoms with Gasteiger partial charge in [-0.05, 0) is 33.6 Å². The Morgan fingerprint density at radius 3 is 2.33 bits per heavy atom. The van der Waals surface area contributed by atoms with E-state index in [0.29, 0.717) is 6.54 Å². The Hall–Kier alpha value is -1.14. The number of rotatable bonds is 8. The summed E-state index contributed by atoms with van der Waals surface area (Å²) in [6, 6.07) is -0.996. The molecule has 0 bridgehead atoms. The van der Waals surface area contributed by atoms with E-state index in [2.05, 4.69) is 5.32 Å². The van der Waals surface area contributed by atoms with Crippen molar-refractivity contribution < 1.29 is 19.8 Å². The van der Waals surface area contributed by atoms with Crippen molar-refractivity contribution in [2.45, 2.75) is 18.9 Å². The number of carboxylic acid groups (broad SMARTS) is 2. The number of nitrogens with zero attached hydrogens (tertiary/aromatic N) is 1. The van der Waals surface area contributed by atoms with Crippen molar-refractivity contribution in [2.24, 2.45) is 0 Å². The lowest BCUT2D eigenvalue weighted by molar-refractivity contribution is -0.145. The summed E-state index contributed by atoms with van der Waals surface area (Å²) in [4.78, 5) is 23.0. The highest BCUT2D eigenvalue weighted by Gasteiger charge is 2.19. The highest BCUT2D eigenvalue weighted by atomic mass is 16.4. The number of hydrogen-bond acceptors (Lipinski definition) is 4. The molecule has 3 N–H and O–H groups in total. The molecule has 0 saturated heterocycles. The summed E-state index contributed by atoms with van der Waals surface area (Å²) in [5.41, 5.74) is 0. The highest BCUT2D eigenvalue weighted by Crippen LogP contribution is 1.93. The monoisotopic (exact) mass is 218 g/mol. The minimum Gasteiger partial charge on any atom is -0.481 e. The quantitative estimate of drug-likeness (QED) is 0.474. The summed E-state index contributed by atoms with van der Waals surface area (Å²) in [7, 11) is 3.85. The van der Waals surface area contributed by atoms with Crippen LogP contribution >= 0.6 is 0 Å². The van der Waals surface area contributed by atoms with Gasteiger partial charge in [-0.1, -0.05) is 0 Å². The van der Waals surface area contributed by atoms with Gasteiger partial charge in [-0.2, -0.15) is 0 Å². The largest absolute Gasteiger partial charge is 0.481 e. The molecule has 1 atom stereocenters. The van der Waals surface area contributed by atoms with E-state index >= 15 is 0 Å². The first kappa shape index (κ1) is 13.9. The zero-order valence-electron chi connectivity index (χ0n) is 9.06. The fourth-order valence-electron chi connectivity index (χ4n) is 1.09. The smallest absolute Gasteiger partial charge is 0.321 e. The minimum atomic E-state index is -1.12. The van der Waals surface area contributed by atoms with Crippen LogP contribution in [0.15, 0.2) is 0 Å². The van der Waals surface area contributed by atoms with Crippen LogP contribution in [0.3, 0.4) is 0 Å². The Bertz CT molecular complexity index is 218. The summed E-state index contributed by atoms with van der Waals surface area (Å²) in [5, 5.41) is 19.9. The summed E-state index contributed by atoms with van der Waals surface area (Å²) >= 11 is 0. The molecule has 0 spiro atoms. The van der Waals surface area contributed by atoms with Gasteiger partial charge < -0.3 is 20.4 Å². The zero-order valence-corrected chi connectivity index (χ0v) is 9.06. The second-order valence-corrected chi connectivity index (χ2v) is 3.60. The SMILES string of the molecule is CN(C)CCCNC(CC(=O)O)C(=O)O. The molecule has 0 aliphatic heterocycles. The third-order valence-corrected chi connectivity index (χ3v) is 1.85. The van der Waals surface area contributed by atoms with E-state index in [-0.39, 0.29) is 0 Å². The Morgan fingerprint density at radius 1 is 1.33 bits per heavy atom. The maximum absolute atomic E-state index is 10.6. The number of aliphatic carboxylic acids is 2. The maximum Gasteiger partial charge on any atom is 0.321 e. The van der Waals surface area contributed by atoms with Crippen LogP contribution in [0.25, 0.3) is 0 Å². The van der Waals surface area contributed by atoms with Gasteiger partial charge in [0.05, 0.1) is 6.42 Å². The second-order valence-electron chi connectivity index (χ2n) is 3.60. The van der Waals surface area contributed by atoms with Crippen LogP contribution in [0.1, 0.15) is 12.8 Å². The van der Waals surface area contributed by atoms with Crippen LogP contribution in [0.2, 0.25) is 0 Å². The average molecular weight is 218 g/mol. The van der Waals surface area contributed by atoms with Crippen molar-refractivity contribution in [3.05, 3.63) is 0 Å². The third kappa shape index (κ3) is 7.90. The lowest BCUT2D eigenvalue weighted by Crippen LogP contribution is -2.39. The predicted molar refractivity (Wildman–Crippen MR) is 54.9 cm³/mol. The lowest BCUT2D eigenvalue weighted by atomic mass is 10.2. The van der Waals surface area contributed by atoms with E-state index in [9.17, 15) is 9.59 Å². The van der Waals surface area contributed by atoms with Crippen LogP contribution in [-0.2, 0) is 9.59 Å². The number of carbonyl (C=O) groups is 2. The fraction of sp³-hybridized carbons (Fsp3) is 0.778. The maximum atomic E-state index is 10.6. The van der Waals surface area contributed by atoms with Crippen LogP contribution in [0.4, 0.5) is 0 Å². The molecular formula is C9H18N2O4. The summed E-state index contributed by atoms with van der Waals surface area (Å²) in [6.45, 7) is 1.34. The summed E-state index contributed by atoms with van der Waals surface area (Å²) in [5.74, 6) is -2.23. The van der Waals surface area contributed by atoms with Crippen molar-refractivity contribution in [3.8, 4) is 0 Å². The number of hydrogen-bond donors (Lipinski definition) is 3. The molecule has 0 amide bonds. The molecule has 6 heteroatoms. The summed E-state index contributed by atoms with van der Waals surface area (Å²) in [6.07, 6.45) is 0.397. The topological polar surface area (TPSA) is 89.9 Å². The summed E-state index contributed by atoms with van der Waals surface area (Å²) < 4.78 is 0. The highest BCUT2D eigenvalue weighted by molar-refractivity contribution is 5.80. The Morgan fingerprint density at radius 2 is 1.93 bits per heavy atom. The molecular weight excluding hydrogens is 200 g/mol. The fourth-order valence-corrected chi connectivity index (χ4v) is 1.09. The molecule has 0 rings (SSSR count). The van der Waals surface area contributed by atoms with Crippen molar-refractivity contribution in [3.63, 3.8) is 0 Å². The van der Waals surface area contributed by atoms with Crippen molar-refractivity contribution in [1.82, 2.24) is 10.2 Å². The van der Waals surface area contributed by atoms with E-state index in [1.54, 1.807) is 0 Å². The van der Waals surface area contributed by atoms with Crippen LogP contribution in [0, 0.1) is 0 Å². The zero-order chi connectivity index (χ0) is 11.8. The Labute approximate surface area is 88.9 Å². The van der Waals surface area contributed by atoms with Crippen LogP contribution in [0.5, 0.6) is 0 Å². The molecule has 0 heterocycles. The standard InChI is InChI=1S/C9H18N2O4/c1-11(2)5-3-4-10-7(9(14)15)6-8(12)13/h7,10H,3-6H2,1-2H3,(H,12,13)(H,14,15). The Balaban J connectivity index is 3.77. The Kier molecular flexibility index (Phi) is 6.64. The lowest BCUT2D eigenvalue weighted by Gasteiger charge is -2.13. The molecule has 0 radical (unpaired) electrons. The molecule has 0 aromatic heterocycles. The second kappa shape index (κ2) is 7.19. The molecule has 0 aromatic carbocycles. The van der Waals surface area contributed by atoms with Crippen molar-refractivity contribution >= 4 is 11.9 Å². The molecule has 0 aliphatic carbocycles. The molecule has 88 valence electrons. The van der Waals surface area contributed by atoms with Gasteiger partial charge in [-0.25, -0.2) is 0 Å². The number of carboxylic acids is 2. The normalized spacial score (nSPS) is 12.7. The van der Waals surface area contributed by atoms with Crippen LogP contribution in [-0.4, -0.2) is 60.3 Å². The van der Waals surface area contributed by atoms with E-state index in [1.165, 1.54) is 0 Å². The molecule has 1 unspecified atom stereocenters. The van der Waals surface area contributed by atoms with Gasteiger partial charge in [0, 0.05) is 0 Å². The molecule has 6 nitrogen and oxygen atoms in total. The van der Waals surface area contributed by atoms with Gasteiger partial charge in [0.1, 0.15) is 6.04 Å². The predicted octanol–water partition coefficient (Wildman–Crippen LogP) is -0.544. The number of nitrogens with one attached hydrogen (secondary N) is 1. The van der Waals surface area contributed by atoms with E-state index in [1.807, 2.05) is 19.0 Å². The van der Waals surface area contributed by atoms with Gasteiger partial charge in [-0.15, -0.1) is 0 Å². The molecule has 0 aliphatic rings. The molecule has 0 aromatic rings. The van der Waals surface area contributed by atoms with Gasteiger partial charge in [0.2, 0.25) is 0 Å². The van der Waals surface area contributed by atoms with Gasteiger partial charge in [0.25, 0.3) is 0 Å². The first-order chi connectivity index (χ1) is 6.93. The van der Waals surface area contributed by atoms with Gasteiger partial charge in [-0.3, -0.25) is 9.59 Å².